The number of hydrogen-bond acceptors (Lipinski definition) is 3. The molecule has 1 N–H and O–H groups in total. The highest BCUT2D eigenvalue weighted by molar-refractivity contribution is 5.55. The Morgan fingerprint density at radius 1 is 1.43 bits per heavy atom. The topological polar surface area (TPSA) is 24.5 Å². The summed E-state index contributed by atoms with van der Waals surface area (Å²) in [6, 6.07) is 6.15. The van der Waals surface area contributed by atoms with E-state index in [1.807, 2.05) is 24.2 Å². The number of aryl methyl sites for hydroxylation is 1. The third kappa shape index (κ3) is 1.59. The summed E-state index contributed by atoms with van der Waals surface area (Å²) < 4.78 is 5.27. The number of hydrogen-bond donors (Lipinski definition) is 1. The Bertz CT molecular complexity index is 360. The zero-order valence-corrected chi connectivity index (χ0v) is 8.45. The van der Waals surface area contributed by atoms with E-state index < -0.39 is 0 Å². The van der Waals surface area contributed by atoms with Gasteiger partial charge in [0.1, 0.15) is 5.75 Å². The molecule has 0 fully saturated rings. The van der Waals surface area contributed by atoms with Crippen LogP contribution in [0.25, 0.3) is 0 Å². The van der Waals surface area contributed by atoms with Gasteiger partial charge in [-0.05, 0) is 18.6 Å². The molecule has 0 spiro atoms. The zero-order valence-electron chi connectivity index (χ0n) is 8.45. The molecule has 74 valence electrons. The minimum Gasteiger partial charge on any atom is -0.496 e. The number of anilines is 1. The predicted octanol–water partition coefficient (Wildman–Crippen LogP) is 1.84. The first-order chi connectivity index (χ1) is 6.81. The number of ether oxygens (including phenoxy) is 1. The lowest BCUT2D eigenvalue weighted by molar-refractivity contribution is 0.411. The van der Waals surface area contributed by atoms with E-state index in [0.29, 0.717) is 0 Å². The van der Waals surface area contributed by atoms with E-state index in [1.54, 1.807) is 7.11 Å². The Morgan fingerprint density at radius 3 is 2.93 bits per heavy atom. The van der Waals surface area contributed by atoms with Gasteiger partial charge in [0.05, 0.1) is 12.8 Å². The molecule has 1 aliphatic rings. The Kier molecular flexibility index (Phi) is 2.41. The van der Waals surface area contributed by atoms with Gasteiger partial charge in [0.25, 0.3) is 0 Å². The molecule has 1 aliphatic heterocycles. The molecule has 0 saturated carbocycles. The average Bonchev–Trinajstić information content (AvgIpc) is 2.71. The maximum atomic E-state index is 5.27. The Morgan fingerprint density at radius 2 is 2.29 bits per heavy atom. The minimum atomic E-state index is 0.885. The van der Waals surface area contributed by atoms with Crippen molar-refractivity contribution in [1.29, 1.82) is 0 Å². The van der Waals surface area contributed by atoms with Crippen LogP contribution in [0.5, 0.6) is 5.75 Å². The lowest BCUT2D eigenvalue weighted by Crippen LogP contribution is -2.28. The minimum absolute atomic E-state index is 0.885. The number of rotatable bonds is 2. The number of hydrazine groups is 1. The fraction of sp³-hybridized carbons (Fsp3) is 0.273. The highest BCUT2D eigenvalue weighted by atomic mass is 16.5. The van der Waals surface area contributed by atoms with Crippen molar-refractivity contribution in [2.75, 3.05) is 18.7 Å². The van der Waals surface area contributed by atoms with Crippen molar-refractivity contribution < 1.29 is 4.74 Å². The molecule has 0 bridgehead atoms. The van der Waals surface area contributed by atoms with E-state index in [9.17, 15) is 0 Å². The first-order valence-electron chi connectivity index (χ1n) is 4.65. The molecule has 2 rings (SSSR count). The van der Waals surface area contributed by atoms with Crippen LogP contribution in [0.4, 0.5) is 5.69 Å². The average molecular weight is 190 g/mol. The van der Waals surface area contributed by atoms with Crippen molar-refractivity contribution in [2.24, 2.45) is 0 Å². The van der Waals surface area contributed by atoms with Crippen molar-refractivity contribution in [3.8, 4) is 5.75 Å². The summed E-state index contributed by atoms with van der Waals surface area (Å²) in [7, 11) is 1.69. The van der Waals surface area contributed by atoms with Gasteiger partial charge in [-0.25, -0.2) is 5.43 Å². The smallest absolute Gasteiger partial charge is 0.123 e. The molecule has 3 nitrogen and oxygen atoms in total. The summed E-state index contributed by atoms with van der Waals surface area (Å²) in [6.45, 7) is 2.92. The summed E-state index contributed by atoms with van der Waals surface area (Å²) >= 11 is 0. The third-order valence-electron chi connectivity index (χ3n) is 2.30. The molecular weight excluding hydrogens is 176 g/mol. The number of nitrogens with one attached hydrogen (secondary N) is 1. The maximum Gasteiger partial charge on any atom is 0.123 e. The predicted molar refractivity (Wildman–Crippen MR) is 57.4 cm³/mol. The summed E-state index contributed by atoms with van der Waals surface area (Å²) in [4.78, 5) is 0. The lowest BCUT2D eigenvalue weighted by atomic mass is 10.2. The fourth-order valence-corrected chi connectivity index (χ4v) is 1.50. The summed E-state index contributed by atoms with van der Waals surface area (Å²) in [5, 5.41) is 1.99. The zero-order chi connectivity index (χ0) is 9.97. The number of methoxy groups -OCH3 is 1. The van der Waals surface area contributed by atoms with Crippen LogP contribution >= 0.6 is 0 Å². The van der Waals surface area contributed by atoms with Gasteiger partial charge < -0.3 is 4.74 Å². The SMILES string of the molecule is COc1cc(N2C=CCN2)ccc1C. The van der Waals surface area contributed by atoms with Gasteiger partial charge >= 0.3 is 0 Å². The van der Waals surface area contributed by atoms with Crippen molar-refractivity contribution in [3.63, 3.8) is 0 Å². The van der Waals surface area contributed by atoms with Crippen LogP contribution in [-0.4, -0.2) is 13.7 Å². The van der Waals surface area contributed by atoms with Crippen LogP contribution in [0.1, 0.15) is 5.56 Å². The largest absolute Gasteiger partial charge is 0.496 e. The first kappa shape index (κ1) is 9.09. The van der Waals surface area contributed by atoms with Crippen LogP contribution in [0.15, 0.2) is 30.5 Å². The molecule has 0 radical (unpaired) electrons. The van der Waals surface area contributed by atoms with Crippen LogP contribution in [0.2, 0.25) is 0 Å². The van der Waals surface area contributed by atoms with E-state index in [-0.39, 0.29) is 0 Å². The molecular formula is C11H14N2O. The Labute approximate surface area is 84.0 Å². The normalized spacial score (nSPS) is 14.9. The van der Waals surface area contributed by atoms with E-state index in [1.165, 1.54) is 0 Å². The summed E-state index contributed by atoms with van der Waals surface area (Å²) in [6.07, 6.45) is 4.09. The second kappa shape index (κ2) is 3.72. The molecule has 14 heavy (non-hydrogen) atoms. The molecule has 0 amide bonds. The molecule has 3 heteroatoms. The summed E-state index contributed by atoms with van der Waals surface area (Å²) in [5.74, 6) is 0.921. The van der Waals surface area contributed by atoms with Crippen LogP contribution in [0.3, 0.4) is 0 Å². The number of nitrogens with zero attached hydrogens (tertiary/aromatic N) is 1. The Balaban J connectivity index is 2.30. The first-order valence-corrected chi connectivity index (χ1v) is 4.65. The second-order valence-corrected chi connectivity index (χ2v) is 3.27. The molecule has 1 aromatic carbocycles. The summed E-state index contributed by atoms with van der Waals surface area (Å²) in [5.41, 5.74) is 5.46. The lowest BCUT2D eigenvalue weighted by Gasteiger charge is -2.17. The van der Waals surface area contributed by atoms with Gasteiger partial charge in [-0.1, -0.05) is 12.1 Å². The quantitative estimate of drug-likeness (QED) is 0.770. The molecule has 0 atom stereocenters. The second-order valence-electron chi connectivity index (χ2n) is 3.27. The molecule has 0 aliphatic carbocycles. The standard InChI is InChI=1S/C11H14N2O/c1-9-4-5-10(8-11(9)14-2)13-7-3-6-12-13/h3-5,7-8,12H,6H2,1-2H3. The van der Waals surface area contributed by atoms with Crippen molar-refractivity contribution in [2.45, 2.75) is 6.92 Å². The van der Waals surface area contributed by atoms with Crippen LogP contribution in [-0.2, 0) is 0 Å². The van der Waals surface area contributed by atoms with Gasteiger partial charge in [-0.2, -0.15) is 0 Å². The van der Waals surface area contributed by atoms with E-state index in [0.717, 1.165) is 23.5 Å². The molecule has 0 aromatic heterocycles. The number of benzene rings is 1. The molecule has 1 aromatic rings. The van der Waals surface area contributed by atoms with Crippen molar-refractivity contribution in [3.05, 3.63) is 36.0 Å². The van der Waals surface area contributed by atoms with Gasteiger partial charge in [0, 0.05) is 18.8 Å². The van der Waals surface area contributed by atoms with Crippen LogP contribution < -0.4 is 15.2 Å². The fourth-order valence-electron chi connectivity index (χ4n) is 1.50. The van der Waals surface area contributed by atoms with Crippen molar-refractivity contribution >= 4 is 5.69 Å². The van der Waals surface area contributed by atoms with Gasteiger partial charge in [-0.3, -0.25) is 5.01 Å². The molecule has 1 heterocycles. The maximum absolute atomic E-state index is 5.27. The monoisotopic (exact) mass is 190 g/mol. The van der Waals surface area contributed by atoms with Crippen LogP contribution in [0, 0.1) is 6.92 Å². The molecule has 0 unspecified atom stereocenters. The Hall–Kier alpha value is -1.48. The van der Waals surface area contributed by atoms with E-state index in [4.69, 9.17) is 4.74 Å². The van der Waals surface area contributed by atoms with Crippen molar-refractivity contribution in [1.82, 2.24) is 5.43 Å². The van der Waals surface area contributed by atoms with E-state index >= 15 is 0 Å². The molecule has 0 saturated heterocycles. The van der Waals surface area contributed by atoms with Gasteiger partial charge in [-0.15, -0.1) is 0 Å². The van der Waals surface area contributed by atoms with E-state index in [2.05, 4.69) is 23.6 Å². The third-order valence-corrected chi connectivity index (χ3v) is 2.30. The van der Waals surface area contributed by atoms with Gasteiger partial charge in [0.2, 0.25) is 0 Å². The van der Waals surface area contributed by atoms with Gasteiger partial charge in [0.15, 0.2) is 0 Å². The highest BCUT2D eigenvalue weighted by Crippen LogP contribution is 2.24. The highest BCUT2D eigenvalue weighted by Gasteiger charge is 2.08.